The molecule has 1 aromatic carbocycles. The topological polar surface area (TPSA) is 73.9 Å². The molecule has 7 heteroatoms. The average molecular weight is 329 g/mol. The van der Waals surface area contributed by atoms with E-state index in [2.05, 4.69) is 4.72 Å². The Morgan fingerprint density at radius 2 is 2.05 bits per heavy atom. The molecule has 0 atom stereocenters. The van der Waals surface area contributed by atoms with Gasteiger partial charge in [-0.3, -0.25) is 0 Å². The van der Waals surface area contributed by atoms with Crippen molar-refractivity contribution in [3.63, 3.8) is 0 Å². The Balaban J connectivity index is 1.93. The van der Waals surface area contributed by atoms with Crippen molar-refractivity contribution in [2.24, 2.45) is 0 Å². The van der Waals surface area contributed by atoms with Crippen LogP contribution in [-0.2, 0) is 19.5 Å². The lowest BCUT2D eigenvalue weighted by atomic mass is 10.1. The summed E-state index contributed by atoms with van der Waals surface area (Å²) in [6, 6.07) is 6.49. The lowest BCUT2D eigenvalue weighted by Gasteiger charge is -2.17. The van der Waals surface area contributed by atoms with E-state index in [1.807, 2.05) is 0 Å². The fraction of sp³-hybridized carbons (Fsp3) is 0.600. The van der Waals surface area contributed by atoms with Crippen molar-refractivity contribution < 1.29 is 22.6 Å². The zero-order valence-corrected chi connectivity index (χ0v) is 13.8. The number of nitrogens with one attached hydrogen (secondary N) is 1. The summed E-state index contributed by atoms with van der Waals surface area (Å²) < 4.78 is 42.9. The van der Waals surface area contributed by atoms with Crippen LogP contribution in [0.4, 0.5) is 0 Å². The molecule has 1 saturated carbocycles. The third kappa shape index (κ3) is 4.67. The van der Waals surface area contributed by atoms with Crippen LogP contribution in [0.15, 0.2) is 29.2 Å². The predicted molar refractivity (Wildman–Crippen MR) is 82.3 cm³/mol. The van der Waals surface area contributed by atoms with Gasteiger partial charge in [0.2, 0.25) is 10.0 Å². The molecule has 1 aliphatic rings. The highest BCUT2D eigenvalue weighted by Gasteiger charge is 2.45. The number of sulfonamides is 1. The van der Waals surface area contributed by atoms with Crippen molar-refractivity contribution in [1.82, 2.24) is 4.72 Å². The number of hydrogen-bond acceptors (Lipinski definition) is 5. The summed E-state index contributed by atoms with van der Waals surface area (Å²) in [7, 11) is -0.441. The molecule has 0 bridgehead atoms. The van der Waals surface area contributed by atoms with Crippen LogP contribution >= 0.6 is 0 Å². The van der Waals surface area contributed by atoms with Gasteiger partial charge in [-0.1, -0.05) is 6.07 Å². The maximum Gasteiger partial charge on any atom is 0.241 e. The van der Waals surface area contributed by atoms with Crippen LogP contribution in [0, 0.1) is 0 Å². The molecule has 0 aromatic heterocycles. The van der Waals surface area contributed by atoms with Crippen LogP contribution < -0.4 is 9.46 Å². The average Bonchev–Trinajstić information content (AvgIpc) is 3.26. The van der Waals surface area contributed by atoms with Crippen LogP contribution in [0.5, 0.6) is 5.75 Å². The fourth-order valence-electron chi connectivity index (χ4n) is 2.32. The highest BCUT2D eigenvalue weighted by Crippen LogP contribution is 2.41. The third-order valence-corrected chi connectivity index (χ3v) is 5.28. The van der Waals surface area contributed by atoms with Crippen molar-refractivity contribution >= 4 is 10.0 Å². The van der Waals surface area contributed by atoms with Crippen molar-refractivity contribution in [2.45, 2.75) is 36.1 Å². The van der Waals surface area contributed by atoms with Gasteiger partial charge in [-0.15, -0.1) is 0 Å². The first-order valence-electron chi connectivity index (χ1n) is 7.26. The summed E-state index contributed by atoms with van der Waals surface area (Å²) in [5, 5.41) is 0. The molecular weight excluding hydrogens is 306 g/mol. The molecule has 0 amide bonds. The minimum Gasteiger partial charge on any atom is -0.497 e. The van der Waals surface area contributed by atoms with Crippen LogP contribution in [0.1, 0.15) is 25.7 Å². The van der Waals surface area contributed by atoms with E-state index in [1.54, 1.807) is 25.3 Å². The largest absolute Gasteiger partial charge is 0.497 e. The van der Waals surface area contributed by atoms with Gasteiger partial charge in [-0.2, -0.15) is 0 Å². The minimum absolute atomic E-state index is 0.230. The minimum atomic E-state index is -3.53. The van der Waals surface area contributed by atoms with Gasteiger partial charge in [0, 0.05) is 25.3 Å². The van der Waals surface area contributed by atoms with E-state index in [0.29, 0.717) is 12.4 Å². The molecule has 0 radical (unpaired) electrons. The van der Waals surface area contributed by atoms with Gasteiger partial charge in [0.05, 0.1) is 12.0 Å². The second kappa shape index (κ2) is 7.41. The molecule has 1 fully saturated rings. The van der Waals surface area contributed by atoms with E-state index in [-0.39, 0.29) is 17.2 Å². The molecular formula is C15H23NO5S. The first kappa shape index (κ1) is 17.2. The lowest BCUT2D eigenvalue weighted by molar-refractivity contribution is -0.0320. The molecule has 124 valence electrons. The van der Waals surface area contributed by atoms with Crippen LogP contribution in [0.3, 0.4) is 0 Å². The number of hydrogen-bond donors (Lipinski definition) is 1. The molecule has 1 aliphatic carbocycles. The quantitative estimate of drug-likeness (QED) is 0.524. The number of rotatable bonds is 10. The van der Waals surface area contributed by atoms with Crippen LogP contribution in [-0.4, -0.2) is 41.6 Å². The Labute approximate surface area is 131 Å². The summed E-state index contributed by atoms with van der Waals surface area (Å²) in [5.41, 5.74) is -0.321. The van der Waals surface area contributed by atoms with E-state index in [9.17, 15) is 8.42 Å². The first-order valence-corrected chi connectivity index (χ1v) is 8.74. The Hall–Kier alpha value is -1.15. The van der Waals surface area contributed by atoms with Gasteiger partial charge < -0.3 is 14.2 Å². The van der Waals surface area contributed by atoms with Crippen molar-refractivity contribution in [2.75, 3.05) is 27.6 Å². The maximum atomic E-state index is 12.5. The van der Waals surface area contributed by atoms with Gasteiger partial charge in [0.25, 0.3) is 0 Å². The van der Waals surface area contributed by atoms with Crippen LogP contribution in [0.25, 0.3) is 0 Å². The van der Waals surface area contributed by atoms with E-state index < -0.39 is 10.0 Å². The van der Waals surface area contributed by atoms with Gasteiger partial charge in [0.15, 0.2) is 0 Å². The van der Waals surface area contributed by atoms with E-state index >= 15 is 0 Å². The summed E-state index contributed by atoms with van der Waals surface area (Å²) in [6.07, 6.45) is 3.28. The highest BCUT2D eigenvalue weighted by atomic mass is 32.2. The van der Waals surface area contributed by atoms with E-state index in [0.717, 1.165) is 25.7 Å². The number of ether oxygens (including phenoxy) is 3. The third-order valence-electron chi connectivity index (χ3n) is 3.70. The normalized spacial score (nSPS) is 16.5. The zero-order chi connectivity index (χ0) is 16.1. The molecule has 2 rings (SSSR count). The number of benzene rings is 1. The predicted octanol–water partition coefficient (Wildman–Crippen LogP) is 1.91. The summed E-state index contributed by atoms with van der Waals surface area (Å²) in [4.78, 5) is 0.230. The summed E-state index contributed by atoms with van der Waals surface area (Å²) in [6.45, 7) is 0.832. The molecule has 22 heavy (non-hydrogen) atoms. The molecule has 0 aliphatic heterocycles. The van der Waals surface area contributed by atoms with Gasteiger partial charge >= 0.3 is 0 Å². The number of methoxy groups -OCH3 is 2. The Morgan fingerprint density at radius 3 is 2.68 bits per heavy atom. The molecule has 1 N–H and O–H groups in total. The Kier molecular flexibility index (Phi) is 5.80. The molecule has 0 unspecified atom stereocenters. The molecule has 1 aromatic rings. The Morgan fingerprint density at radius 1 is 1.27 bits per heavy atom. The molecule has 0 heterocycles. The molecule has 0 spiro atoms. The Bertz CT molecular complexity index is 583. The monoisotopic (exact) mass is 329 g/mol. The zero-order valence-electron chi connectivity index (χ0n) is 13.0. The lowest BCUT2D eigenvalue weighted by Crippen LogP contribution is -2.37. The van der Waals surface area contributed by atoms with Crippen molar-refractivity contribution in [3.8, 4) is 5.75 Å². The standard InChI is InChI=1S/C15H23NO5S/c1-19-12-21-10-4-7-15(8-9-15)16-22(17,18)14-6-3-5-13(11-14)20-2/h3,5-6,11,16H,4,7-10,12H2,1-2H3. The van der Waals surface area contributed by atoms with Crippen LogP contribution in [0.2, 0.25) is 0 Å². The second-order valence-corrected chi connectivity index (χ2v) is 7.17. The highest BCUT2D eigenvalue weighted by molar-refractivity contribution is 7.89. The second-order valence-electron chi connectivity index (χ2n) is 5.48. The SMILES string of the molecule is COCOCCCC1(NS(=O)(=O)c2cccc(OC)c2)CC1. The summed E-state index contributed by atoms with van der Waals surface area (Å²) >= 11 is 0. The maximum absolute atomic E-state index is 12.5. The molecule has 0 saturated heterocycles. The first-order chi connectivity index (χ1) is 10.5. The smallest absolute Gasteiger partial charge is 0.241 e. The van der Waals surface area contributed by atoms with E-state index in [1.165, 1.54) is 13.2 Å². The van der Waals surface area contributed by atoms with E-state index in [4.69, 9.17) is 14.2 Å². The summed E-state index contributed by atoms with van der Waals surface area (Å²) in [5.74, 6) is 0.528. The van der Waals surface area contributed by atoms with Gasteiger partial charge in [-0.25, -0.2) is 13.1 Å². The fourth-order valence-corrected chi connectivity index (χ4v) is 3.84. The van der Waals surface area contributed by atoms with Crippen molar-refractivity contribution in [1.29, 1.82) is 0 Å². The van der Waals surface area contributed by atoms with Crippen molar-refractivity contribution in [3.05, 3.63) is 24.3 Å². The molecule has 6 nitrogen and oxygen atoms in total. The van der Waals surface area contributed by atoms with Gasteiger partial charge in [0.1, 0.15) is 12.5 Å². The van der Waals surface area contributed by atoms with Gasteiger partial charge in [-0.05, 0) is 37.8 Å².